The second-order valence-corrected chi connectivity index (χ2v) is 4.83. The number of hydrogen-bond donors (Lipinski definition) is 2. The van der Waals surface area contributed by atoms with Gasteiger partial charge in [0.25, 0.3) is 5.56 Å². The third kappa shape index (κ3) is 4.63. The first kappa shape index (κ1) is 14.4. The summed E-state index contributed by atoms with van der Waals surface area (Å²) >= 11 is 2.01. The predicted molar refractivity (Wildman–Crippen MR) is 78.5 cm³/mol. The second-order valence-electron chi connectivity index (χ2n) is 3.76. The molecule has 0 spiro atoms. The van der Waals surface area contributed by atoms with Gasteiger partial charge in [-0.2, -0.15) is 0 Å². The van der Waals surface area contributed by atoms with Crippen LogP contribution < -0.4 is 10.9 Å². The van der Waals surface area contributed by atoms with E-state index in [1.54, 1.807) is 0 Å². The Labute approximate surface area is 115 Å². The SMILES string of the molecule is CCCN(CC)CCNc1nc[nH]c(=O)c1I. The van der Waals surface area contributed by atoms with Crippen molar-refractivity contribution in [3.63, 3.8) is 0 Å². The molecule has 2 N–H and O–H groups in total. The zero-order valence-corrected chi connectivity index (χ0v) is 12.5. The summed E-state index contributed by atoms with van der Waals surface area (Å²) in [6.07, 6.45) is 2.59. The van der Waals surface area contributed by atoms with Crippen LogP contribution in [0.2, 0.25) is 0 Å². The van der Waals surface area contributed by atoms with Crippen LogP contribution in [0.4, 0.5) is 5.82 Å². The van der Waals surface area contributed by atoms with Crippen molar-refractivity contribution in [2.75, 3.05) is 31.5 Å². The Bertz CT molecular complexity index is 393. The molecule has 0 unspecified atom stereocenters. The fourth-order valence-corrected chi connectivity index (χ4v) is 2.07. The Balaban J connectivity index is 2.45. The van der Waals surface area contributed by atoms with Gasteiger partial charge in [-0.1, -0.05) is 13.8 Å². The normalized spacial score (nSPS) is 10.8. The lowest BCUT2D eigenvalue weighted by atomic mass is 10.4. The third-order valence-corrected chi connectivity index (χ3v) is 3.50. The molecule has 6 heteroatoms. The van der Waals surface area contributed by atoms with Gasteiger partial charge in [0.1, 0.15) is 9.39 Å². The van der Waals surface area contributed by atoms with E-state index in [9.17, 15) is 4.79 Å². The molecule has 0 atom stereocenters. The Kier molecular flexibility index (Phi) is 6.49. The van der Waals surface area contributed by atoms with Gasteiger partial charge in [-0.25, -0.2) is 4.98 Å². The molecule has 0 aliphatic heterocycles. The van der Waals surface area contributed by atoms with Crippen LogP contribution in [0.5, 0.6) is 0 Å². The average molecular weight is 350 g/mol. The van der Waals surface area contributed by atoms with Gasteiger partial charge in [-0.05, 0) is 42.1 Å². The minimum atomic E-state index is -0.0935. The first-order chi connectivity index (χ1) is 8.19. The van der Waals surface area contributed by atoms with Crippen LogP contribution in [0.3, 0.4) is 0 Å². The highest BCUT2D eigenvalue weighted by Gasteiger charge is 2.05. The van der Waals surface area contributed by atoms with Crippen molar-refractivity contribution in [1.82, 2.24) is 14.9 Å². The molecule has 0 bridgehead atoms. The lowest BCUT2D eigenvalue weighted by Gasteiger charge is -2.19. The molecule has 1 rings (SSSR count). The van der Waals surface area contributed by atoms with Crippen LogP contribution in [-0.2, 0) is 0 Å². The molecule has 1 heterocycles. The number of rotatable bonds is 7. The van der Waals surface area contributed by atoms with Crippen LogP contribution in [0, 0.1) is 3.57 Å². The number of hydrogen-bond acceptors (Lipinski definition) is 4. The number of likely N-dealkylation sites (N-methyl/N-ethyl adjacent to an activating group) is 1. The molecule has 0 saturated carbocycles. The molecule has 0 fully saturated rings. The monoisotopic (exact) mass is 350 g/mol. The lowest BCUT2D eigenvalue weighted by Crippen LogP contribution is -2.30. The van der Waals surface area contributed by atoms with Gasteiger partial charge in [0.2, 0.25) is 0 Å². The number of nitrogens with one attached hydrogen (secondary N) is 2. The van der Waals surface area contributed by atoms with Crippen LogP contribution in [0.1, 0.15) is 20.3 Å². The molecule has 5 nitrogen and oxygen atoms in total. The Morgan fingerprint density at radius 3 is 2.88 bits per heavy atom. The molecule has 96 valence electrons. The molecule has 0 radical (unpaired) electrons. The van der Waals surface area contributed by atoms with Crippen molar-refractivity contribution in [2.45, 2.75) is 20.3 Å². The largest absolute Gasteiger partial charge is 0.368 e. The van der Waals surface area contributed by atoms with Crippen LogP contribution in [0.15, 0.2) is 11.1 Å². The number of H-pyrrole nitrogens is 1. The van der Waals surface area contributed by atoms with Gasteiger partial charge in [0.15, 0.2) is 0 Å². The summed E-state index contributed by atoms with van der Waals surface area (Å²) in [7, 11) is 0. The van der Waals surface area contributed by atoms with Crippen molar-refractivity contribution in [3.8, 4) is 0 Å². The van der Waals surface area contributed by atoms with E-state index in [1.165, 1.54) is 6.33 Å². The summed E-state index contributed by atoms with van der Waals surface area (Å²) in [5.74, 6) is 0.668. The molecule has 1 aromatic heterocycles. The predicted octanol–water partition coefficient (Wildman–Crippen LogP) is 1.52. The van der Waals surface area contributed by atoms with Crippen molar-refractivity contribution in [3.05, 3.63) is 20.3 Å². The van der Waals surface area contributed by atoms with Gasteiger partial charge < -0.3 is 15.2 Å². The number of aromatic amines is 1. The van der Waals surface area contributed by atoms with Gasteiger partial charge in [0, 0.05) is 13.1 Å². The highest BCUT2D eigenvalue weighted by atomic mass is 127. The quantitative estimate of drug-likeness (QED) is 0.732. The lowest BCUT2D eigenvalue weighted by molar-refractivity contribution is 0.300. The third-order valence-electron chi connectivity index (χ3n) is 2.50. The van der Waals surface area contributed by atoms with Gasteiger partial charge in [0.05, 0.1) is 6.33 Å². The maximum absolute atomic E-state index is 11.3. The fraction of sp³-hybridized carbons (Fsp3) is 0.636. The Morgan fingerprint density at radius 1 is 1.47 bits per heavy atom. The average Bonchev–Trinajstić information content (AvgIpc) is 2.33. The molecule has 0 aliphatic rings. The molecular formula is C11H19IN4O. The minimum absolute atomic E-state index is 0.0935. The highest BCUT2D eigenvalue weighted by Crippen LogP contribution is 2.07. The van der Waals surface area contributed by atoms with Crippen molar-refractivity contribution < 1.29 is 0 Å². The van der Waals surface area contributed by atoms with E-state index < -0.39 is 0 Å². The zero-order valence-electron chi connectivity index (χ0n) is 10.3. The van der Waals surface area contributed by atoms with E-state index in [-0.39, 0.29) is 5.56 Å². The standard InChI is InChI=1S/C11H19IN4O/c1-3-6-16(4-2)7-5-13-10-9(12)11(17)15-8-14-10/h8H,3-7H2,1-2H3,(H2,13,14,15,17). The zero-order chi connectivity index (χ0) is 12.7. The van der Waals surface area contributed by atoms with Gasteiger partial charge in [-0.15, -0.1) is 0 Å². The van der Waals surface area contributed by atoms with Crippen molar-refractivity contribution in [2.24, 2.45) is 0 Å². The summed E-state index contributed by atoms with van der Waals surface area (Å²) < 4.78 is 0.614. The maximum Gasteiger partial charge on any atom is 0.266 e. The smallest absolute Gasteiger partial charge is 0.266 e. The number of nitrogens with zero attached hydrogens (tertiary/aromatic N) is 2. The first-order valence-electron chi connectivity index (χ1n) is 5.88. The van der Waals surface area contributed by atoms with E-state index in [1.807, 2.05) is 22.6 Å². The summed E-state index contributed by atoms with van der Waals surface area (Å²) in [6.45, 7) is 8.27. The molecule has 0 aromatic carbocycles. The number of aromatic nitrogens is 2. The molecule has 17 heavy (non-hydrogen) atoms. The summed E-state index contributed by atoms with van der Waals surface area (Å²) in [5.41, 5.74) is -0.0935. The van der Waals surface area contributed by atoms with E-state index in [0.717, 1.165) is 32.6 Å². The van der Waals surface area contributed by atoms with E-state index in [2.05, 4.69) is 34.0 Å². The number of anilines is 1. The van der Waals surface area contributed by atoms with E-state index >= 15 is 0 Å². The molecule has 0 aliphatic carbocycles. The van der Waals surface area contributed by atoms with Crippen molar-refractivity contribution in [1.29, 1.82) is 0 Å². The fourth-order valence-electron chi connectivity index (χ4n) is 1.58. The molecular weight excluding hydrogens is 331 g/mol. The Hall–Kier alpha value is -0.630. The highest BCUT2D eigenvalue weighted by molar-refractivity contribution is 14.1. The van der Waals surface area contributed by atoms with Crippen molar-refractivity contribution >= 4 is 28.4 Å². The Morgan fingerprint density at radius 2 is 2.24 bits per heavy atom. The molecule has 1 aromatic rings. The van der Waals surface area contributed by atoms with E-state index in [0.29, 0.717) is 9.39 Å². The van der Waals surface area contributed by atoms with Gasteiger partial charge >= 0.3 is 0 Å². The summed E-state index contributed by atoms with van der Waals surface area (Å²) in [5, 5.41) is 3.20. The summed E-state index contributed by atoms with van der Waals surface area (Å²) in [4.78, 5) is 20.4. The first-order valence-corrected chi connectivity index (χ1v) is 6.96. The molecule has 0 saturated heterocycles. The van der Waals surface area contributed by atoms with Crippen LogP contribution in [-0.4, -0.2) is 41.0 Å². The van der Waals surface area contributed by atoms with Gasteiger partial charge in [-0.3, -0.25) is 4.79 Å². The minimum Gasteiger partial charge on any atom is -0.368 e. The maximum atomic E-state index is 11.3. The van der Waals surface area contributed by atoms with Crippen LogP contribution in [0.25, 0.3) is 0 Å². The van der Waals surface area contributed by atoms with Crippen LogP contribution >= 0.6 is 22.6 Å². The second kappa shape index (κ2) is 7.65. The summed E-state index contributed by atoms with van der Waals surface area (Å²) in [6, 6.07) is 0. The molecule has 0 amide bonds. The van der Waals surface area contributed by atoms with E-state index in [4.69, 9.17) is 0 Å². The topological polar surface area (TPSA) is 61.0 Å². The number of halogens is 1.